The van der Waals surface area contributed by atoms with Crippen molar-refractivity contribution in [2.45, 2.75) is 25.9 Å². The van der Waals surface area contributed by atoms with Crippen molar-refractivity contribution in [1.82, 2.24) is 9.97 Å². The van der Waals surface area contributed by atoms with Crippen LogP contribution in [0.5, 0.6) is 0 Å². The summed E-state index contributed by atoms with van der Waals surface area (Å²) in [6.07, 6.45) is 2.46. The molecular weight excluding hydrogens is 335 g/mol. The van der Waals surface area contributed by atoms with E-state index in [4.69, 9.17) is 27.9 Å². The van der Waals surface area contributed by atoms with Crippen LogP contribution in [0.15, 0.2) is 24.3 Å². The van der Waals surface area contributed by atoms with Crippen LogP contribution in [-0.4, -0.2) is 29.2 Å². The van der Waals surface area contributed by atoms with Gasteiger partial charge in [-0.25, -0.2) is 9.97 Å². The summed E-state index contributed by atoms with van der Waals surface area (Å²) in [5.41, 5.74) is 0.711. The highest BCUT2D eigenvalue weighted by Crippen LogP contribution is 2.28. The summed E-state index contributed by atoms with van der Waals surface area (Å²) in [6.45, 7) is 3.44. The highest BCUT2D eigenvalue weighted by Gasteiger charge is 2.15. The van der Waals surface area contributed by atoms with Crippen molar-refractivity contribution in [2.24, 2.45) is 0 Å². The molecule has 2 aromatic rings. The fourth-order valence-corrected chi connectivity index (χ4v) is 2.81. The lowest BCUT2D eigenvalue weighted by molar-refractivity contribution is 0.120. The van der Waals surface area contributed by atoms with Gasteiger partial charge in [-0.05, 0) is 38.0 Å². The van der Waals surface area contributed by atoms with E-state index in [0.717, 1.165) is 31.8 Å². The summed E-state index contributed by atoms with van der Waals surface area (Å²) in [4.78, 5) is 8.78. The molecule has 0 bridgehead atoms. The third kappa shape index (κ3) is 4.47. The van der Waals surface area contributed by atoms with Crippen LogP contribution in [0.25, 0.3) is 0 Å². The monoisotopic (exact) mass is 352 g/mol. The zero-order chi connectivity index (χ0) is 16.2. The second kappa shape index (κ2) is 7.34. The average Bonchev–Trinajstić information content (AvgIpc) is 3.02. The van der Waals surface area contributed by atoms with Crippen LogP contribution in [0.1, 0.15) is 18.7 Å². The number of hydrogen-bond acceptors (Lipinski definition) is 5. The molecule has 0 aliphatic carbocycles. The molecule has 1 aromatic heterocycles. The summed E-state index contributed by atoms with van der Waals surface area (Å²) in [5, 5.41) is 7.68. The molecule has 0 radical (unpaired) electrons. The normalized spacial score (nSPS) is 17.3. The Morgan fingerprint density at radius 1 is 1.22 bits per heavy atom. The first-order chi connectivity index (χ1) is 11.1. The van der Waals surface area contributed by atoms with Crippen LogP contribution in [0.3, 0.4) is 0 Å². The van der Waals surface area contributed by atoms with Crippen LogP contribution in [0.4, 0.5) is 17.3 Å². The quantitative estimate of drug-likeness (QED) is 0.833. The van der Waals surface area contributed by atoms with Gasteiger partial charge in [-0.3, -0.25) is 0 Å². The fourth-order valence-electron chi connectivity index (χ4n) is 2.48. The summed E-state index contributed by atoms with van der Waals surface area (Å²) in [6, 6.07) is 7.10. The Morgan fingerprint density at radius 3 is 2.83 bits per heavy atom. The molecule has 1 saturated heterocycles. The summed E-state index contributed by atoms with van der Waals surface area (Å²) in [7, 11) is 0. The second-order valence-electron chi connectivity index (χ2n) is 5.45. The number of halogens is 2. The van der Waals surface area contributed by atoms with Gasteiger partial charge in [0.15, 0.2) is 0 Å². The van der Waals surface area contributed by atoms with E-state index in [-0.39, 0.29) is 6.10 Å². The molecule has 1 atom stereocenters. The number of rotatable bonds is 5. The Labute approximate surface area is 145 Å². The molecule has 0 spiro atoms. The molecule has 0 amide bonds. The van der Waals surface area contributed by atoms with E-state index < -0.39 is 0 Å². The fraction of sp³-hybridized carbons (Fsp3) is 0.375. The average molecular weight is 353 g/mol. The number of anilines is 3. The number of aromatic nitrogens is 2. The van der Waals surface area contributed by atoms with Crippen LogP contribution in [0, 0.1) is 6.92 Å². The smallest absolute Gasteiger partial charge is 0.136 e. The molecule has 7 heteroatoms. The van der Waals surface area contributed by atoms with Gasteiger partial charge in [-0.15, -0.1) is 0 Å². The molecule has 3 rings (SSSR count). The van der Waals surface area contributed by atoms with E-state index in [9.17, 15) is 0 Å². The number of aryl methyl sites for hydroxylation is 1. The van der Waals surface area contributed by atoms with Gasteiger partial charge >= 0.3 is 0 Å². The Bertz CT molecular complexity index is 690. The number of benzene rings is 1. The molecule has 5 nitrogen and oxygen atoms in total. The molecular formula is C16H18Cl2N4O. The van der Waals surface area contributed by atoms with E-state index in [1.807, 2.05) is 13.0 Å². The summed E-state index contributed by atoms with van der Waals surface area (Å²) in [5.74, 6) is 2.09. The number of nitrogens with zero attached hydrogens (tertiary/aromatic N) is 2. The number of nitrogens with one attached hydrogen (secondary N) is 2. The Balaban J connectivity index is 1.72. The van der Waals surface area contributed by atoms with Crippen molar-refractivity contribution in [2.75, 3.05) is 23.8 Å². The van der Waals surface area contributed by atoms with Gasteiger partial charge in [0.2, 0.25) is 0 Å². The predicted octanol–water partition coefficient (Wildman–Crippen LogP) is 4.43. The summed E-state index contributed by atoms with van der Waals surface area (Å²) < 4.78 is 5.61. The molecule has 1 aliphatic rings. The third-order valence-electron chi connectivity index (χ3n) is 3.56. The van der Waals surface area contributed by atoms with Gasteiger partial charge in [0, 0.05) is 24.2 Å². The highest BCUT2D eigenvalue weighted by atomic mass is 35.5. The van der Waals surface area contributed by atoms with E-state index in [1.165, 1.54) is 0 Å². The van der Waals surface area contributed by atoms with Crippen molar-refractivity contribution in [3.8, 4) is 0 Å². The van der Waals surface area contributed by atoms with Gasteiger partial charge in [0.05, 0.1) is 16.8 Å². The Morgan fingerprint density at radius 2 is 2.04 bits per heavy atom. The van der Waals surface area contributed by atoms with Crippen molar-refractivity contribution in [1.29, 1.82) is 0 Å². The molecule has 1 fully saturated rings. The lowest BCUT2D eigenvalue weighted by Gasteiger charge is -2.13. The molecule has 1 aliphatic heterocycles. The maximum absolute atomic E-state index is 6.18. The molecule has 1 unspecified atom stereocenters. The summed E-state index contributed by atoms with van der Waals surface area (Å²) >= 11 is 12.2. The third-order valence-corrected chi connectivity index (χ3v) is 4.13. The van der Waals surface area contributed by atoms with Crippen LogP contribution >= 0.6 is 23.2 Å². The number of ether oxygens (including phenoxy) is 1. The highest BCUT2D eigenvalue weighted by molar-refractivity contribution is 6.35. The minimum absolute atomic E-state index is 0.254. The van der Waals surface area contributed by atoms with E-state index in [1.54, 1.807) is 18.2 Å². The molecule has 2 heterocycles. The number of hydrogen-bond donors (Lipinski definition) is 2. The van der Waals surface area contributed by atoms with Crippen molar-refractivity contribution < 1.29 is 4.74 Å². The van der Waals surface area contributed by atoms with Gasteiger partial charge in [-0.1, -0.05) is 23.2 Å². The van der Waals surface area contributed by atoms with Crippen molar-refractivity contribution >= 4 is 40.5 Å². The zero-order valence-corrected chi connectivity index (χ0v) is 14.3. The van der Waals surface area contributed by atoms with Gasteiger partial charge in [-0.2, -0.15) is 0 Å². The molecule has 23 heavy (non-hydrogen) atoms. The predicted molar refractivity (Wildman–Crippen MR) is 94.0 cm³/mol. The maximum Gasteiger partial charge on any atom is 0.136 e. The standard InChI is InChI=1S/C16H18Cl2N4O/c1-10-20-15(19-9-12-3-2-6-23-12)8-16(21-10)22-14-7-11(17)4-5-13(14)18/h4-5,7-8,12H,2-3,6,9H2,1H3,(H2,19,20,21,22). The largest absolute Gasteiger partial charge is 0.376 e. The lowest BCUT2D eigenvalue weighted by Crippen LogP contribution is -2.19. The van der Waals surface area contributed by atoms with Gasteiger partial charge in [0.1, 0.15) is 17.5 Å². The Kier molecular flexibility index (Phi) is 5.20. The van der Waals surface area contributed by atoms with Crippen LogP contribution in [-0.2, 0) is 4.74 Å². The van der Waals surface area contributed by atoms with E-state index >= 15 is 0 Å². The van der Waals surface area contributed by atoms with E-state index in [2.05, 4.69) is 20.6 Å². The lowest BCUT2D eigenvalue weighted by atomic mass is 10.2. The SMILES string of the molecule is Cc1nc(NCC2CCCO2)cc(Nc2cc(Cl)ccc2Cl)n1. The minimum Gasteiger partial charge on any atom is -0.376 e. The topological polar surface area (TPSA) is 59.1 Å². The molecule has 2 N–H and O–H groups in total. The van der Waals surface area contributed by atoms with E-state index in [0.29, 0.717) is 27.4 Å². The van der Waals surface area contributed by atoms with Crippen molar-refractivity contribution in [3.05, 3.63) is 40.1 Å². The maximum atomic E-state index is 6.18. The molecule has 0 saturated carbocycles. The van der Waals surface area contributed by atoms with Gasteiger partial charge in [0.25, 0.3) is 0 Å². The minimum atomic E-state index is 0.254. The Hall–Kier alpha value is -1.56. The van der Waals surface area contributed by atoms with Crippen molar-refractivity contribution in [3.63, 3.8) is 0 Å². The zero-order valence-electron chi connectivity index (χ0n) is 12.8. The van der Waals surface area contributed by atoms with Crippen LogP contribution in [0.2, 0.25) is 10.0 Å². The first-order valence-electron chi connectivity index (χ1n) is 7.53. The van der Waals surface area contributed by atoms with Crippen LogP contribution < -0.4 is 10.6 Å². The second-order valence-corrected chi connectivity index (χ2v) is 6.29. The first-order valence-corrected chi connectivity index (χ1v) is 8.29. The van der Waals surface area contributed by atoms with Gasteiger partial charge < -0.3 is 15.4 Å². The molecule has 1 aromatic carbocycles. The first kappa shape index (κ1) is 16.3. The molecule has 122 valence electrons.